The molecule has 1 aliphatic heterocycles. The molecular weight excluding hydrogens is 318 g/mol. The van der Waals surface area contributed by atoms with Crippen LogP contribution in [0.3, 0.4) is 0 Å². The quantitative estimate of drug-likeness (QED) is 0.705. The van der Waals surface area contributed by atoms with Gasteiger partial charge in [-0.3, -0.25) is 4.98 Å². The Morgan fingerprint density at radius 1 is 1.15 bits per heavy atom. The fraction of sp³-hybridized carbons (Fsp3) is 0.435. The summed E-state index contributed by atoms with van der Waals surface area (Å²) >= 11 is 0. The Balaban J connectivity index is 1.37. The van der Waals surface area contributed by atoms with Gasteiger partial charge in [0.05, 0.1) is 11.2 Å². The SMILES string of the molecule is Cc1[nH]c2c(CCCN3CCCC(c4ccccc4)C3)nccc2c1C. The number of aromatic amines is 1. The van der Waals surface area contributed by atoms with Gasteiger partial charge < -0.3 is 9.88 Å². The maximum atomic E-state index is 4.66. The second-order valence-electron chi connectivity index (χ2n) is 7.71. The van der Waals surface area contributed by atoms with Crippen molar-refractivity contribution < 1.29 is 0 Å². The zero-order chi connectivity index (χ0) is 17.9. The smallest absolute Gasteiger partial charge is 0.0677 e. The van der Waals surface area contributed by atoms with E-state index in [1.54, 1.807) is 0 Å². The zero-order valence-electron chi connectivity index (χ0n) is 16.0. The molecule has 1 fully saturated rings. The lowest BCUT2D eigenvalue weighted by molar-refractivity contribution is 0.206. The number of likely N-dealkylation sites (tertiary alicyclic amines) is 1. The Morgan fingerprint density at radius 2 is 2.00 bits per heavy atom. The lowest BCUT2D eigenvalue weighted by atomic mass is 9.90. The molecule has 1 atom stereocenters. The van der Waals surface area contributed by atoms with Crippen LogP contribution in [0.2, 0.25) is 0 Å². The summed E-state index contributed by atoms with van der Waals surface area (Å²) in [5, 5.41) is 1.33. The van der Waals surface area contributed by atoms with E-state index >= 15 is 0 Å². The molecule has 136 valence electrons. The van der Waals surface area contributed by atoms with Crippen LogP contribution < -0.4 is 0 Å². The molecule has 0 spiro atoms. The van der Waals surface area contributed by atoms with Gasteiger partial charge in [-0.1, -0.05) is 30.3 Å². The van der Waals surface area contributed by atoms with E-state index in [9.17, 15) is 0 Å². The van der Waals surface area contributed by atoms with Gasteiger partial charge in [-0.2, -0.15) is 0 Å². The van der Waals surface area contributed by atoms with Gasteiger partial charge in [0.25, 0.3) is 0 Å². The summed E-state index contributed by atoms with van der Waals surface area (Å²) in [7, 11) is 0. The number of hydrogen-bond acceptors (Lipinski definition) is 2. The Morgan fingerprint density at radius 3 is 2.85 bits per heavy atom. The molecule has 3 heterocycles. The van der Waals surface area contributed by atoms with E-state index in [0.717, 1.165) is 6.42 Å². The van der Waals surface area contributed by atoms with Crippen LogP contribution >= 0.6 is 0 Å². The third-order valence-electron chi connectivity index (χ3n) is 5.97. The molecular formula is C23H29N3. The summed E-state index contributed by atoms with van der Waals surface area (Å²) in [6, 6.07) is 13.2. The Bertz CT molecular complexity index is 866. The number of pyridine rings is 1. The van der Waals surface area contributed by atoms with Crippen LogP contribution in [-0.2, 0) is 6.42 Å². The first-order valence-electron chi connectivity index (χ1n) is 9.92. The molecule has 0 aliphatic carbocycles. The van der Waals surface area contributed by atoms with Crippen LogP contribution in [0.5, 0.6) is 0 Å². The molecule has 0 amide bonds. The third-order valence-corrected chi connectivity index (χ3v) is 5.97. The minimum Gasteiger partial charge on any atom is -0.357 e. The first kappa shape index (κ1) is 17.3. The Hall–Kier alpha value is -2.13. The second kappa shape index (κ2) is 7.63. The lowest BCUT2D eigenvalue weighted by Gasteiger charge is -2.33. The summed E-state index contributed by atoms with van der Waals surface area (Å²) < 4.78 is 0. The molecule has 2 aromatic heterocycles. The molecule has 0 radical (unpaired) electrons. The standard InChI is InChI=1S/C23H29N3/c1-17-18(2)25-23-21(17)12-13-24-22(23)11-7-15-26-14-6-10-20(16-26)19-8-4-3-5-9-19/h3-5,8-9,12-13,20,25H,6-7,10-11,14-16H2,1-2H3. The van der Waals surface area contributed by atoms with Gasteiger partial charge in [0.2, 0.25) is 0 Å². The number of piperidine rings is 1. The predicted octanol–water partition coefficient (Wildman–Crippen LogP) is 4.99. The van der Waals surface area contributed by atoms with Gasteiger partial charge in [0, 0.05) is 23.8 Å². The number of nitrogens with one attached hydrogen (secondary N) is 1. The van der Waals surface area contributed by atoms with E-state index in [0.29, 0.717) is 5.92 Å². The van der Waals surface area contributed by atoms with Crippen molar-refractivity contribution in [3.63, 3.8) is 0 Å². The molecule has 1 saturated heterocycles. The van der Waals surface area contributed by atoms with E-state index < -0.39 is 0 Å². The minimum atomic E-state index is 0.695. The van der Waals surface area contributed by atoms with Crippen molar-refractivity contribution >= 4 is 10.9 Å². The highest BCUT2D eigenvalue weighted by molar-refractivity contribution is 5.85. The van der Waals surface area contributed by atoms with Crippen molar-refractivity contribution in [2.45, 2.75) is 45.4 Å². The Labute approximate surface area is 156 Å². The van der Waals surface area contributed by atoms with Crippen molar-refractivity contribution in [2.75, 3.05) is 19.6 Å². The predicted molar refractivity (Wildman–Crippen MR) is 109 cm³/mol. The average molecular weight is 348 g/mol. The summed E-state index contributed by atoms with van der Waals surface area (Å²) in [5.74, 6) is 0.695. The topological polar surface area (TPSA) is 31.9 Å². The molecule has 0 bridgehead atoms. The number of hydrogen-bond donors (Lipinski definition) is 1. The lowest BCUT2D eigenvalue weighted by Crippen LogP contribution is -2.35. The Kier molecular flexibility index (Phi) is 5.07. The summed E-state index contributed by atoms with van der Waals surface area (Å²) in [4.78, 5) is 10.8. The summed E-state index contributed by atoms with van der Waals surface area (Å²) in [5.41, 5.74) is 6.57. The number of benzene rings is 1. The molecule has 3 heteroatoms. The highest BCUT2D eigenvalue weighted by Crippen LogP contribution is 2.27. The van der Waals surface area contributed by atoms with E-state index in [-0.39, 0.29) is 0 Å². The molecule has 3 aromatic rings. The summed E-state index contributed by atoms with van der Waals surface area (Å²) in [6.45, 7) is 7.94. The molecule has 4 rings (SSSR count). The molecule has 1 N–H and O–H groups in total. The highest BCUT2D eigenvalue weighted by Gasteiger charge is 2.20. The number of rotatable bonds is 5. The van der Waals surface area contributed by atoms with Crippen LogP contribution in [0, 0.1) is 13.8 Å². The van der Waals surface area contributed by atoms with Crippen molar-refractivity contribution in [1.29, 1.82) is 0 Å². The van der Waals surface area contributed by atoms with Crippen LogP contribution in [0.25, 0.3) is 10.9 Å². The molecule has 0 saturated carbocycles. The largest absolute Gasteiger partial charge is 0.357 e. The first-order chi connectivity index (χ1) is 12.7. The van der Waals surface area contributed by atoms with Crippen LogP contribution in [0.4, 0.5) is 0 Å². The number of aromatic nitrogens is 2. The monoisotopic (exact) mass is 347 g/mol. The second-order valence-corrected chi connectivity index (χ2v) is 7.71. The van der Waals surface area contributed by atoms with Crippen LogP contribution in [0.1, 0.15) is 47.7 Å². The van der Waals surface area contributed by atoms with Gasteiger partial charge in [-0.25, -0.2) is 0 Å². The fourth-order valence-corrected chi connectivity index (χ4v) is 4.36. The molecule has 1 aliphatic rings. The average Bonchev–Trinajstić information content (AvgIpc) is 2.98. The van der Waals surface area contributed by atoms with Gasteiger partial charge in [0.15, 0.2) is 0 Å². The van der Waals surface area contributed by atoms with Gasteiger partial charge in [0.1, 0.15) is 0 Å². The maximum absolute atomic E-state index is 4.66. The maximum Gasteiger partial charge on any atom is 0.0677 e. The number of H-pyrrole nitrogens is 1. The van der Waals surface area contributed by atoms with Gasteiger partial charge >= 0.3 is 0 Å². The highest BCUT2D eigenvalue weighted by atomic mass is 15.1. The van der Waals surface area contributed by atoms with Crippen molar-refractivity contribution in [3.8, 4) is 0 Å². The molecule has 26 heavy (non-hydrogen) atoms. The fourth-order valence-electron chi connectivity index (χ4n) is 4.36. The van der Waals surface area contributed by atoms with E-state index in [1.807, 2.05) is 6.20 Å². The van der Waals surface area contributed by atoms with E-state index in [2.05, 4.69) is 65.1 Å². The number of nitrogens with zero attached hydrogens (tertiary/aromatic N) is 2. The minimum absolute atomic E-state index is 0.695. The number of fused-ring (bicyclic) bond motifs is 1. The van der Waals surface area contributed by atoms with Gasteiger partial charge in [-0.15, -0.1) is 0 Å². The summed E-state index contributed by atoms with van der Waals surface area (Å²) in [6.07, 6.45) is 6.81. The van der Waals surface area contributed by atoms with E-state index in [1.165, 1.54) is 72.3 Å². The first-order valence-corrected chi connectivity index (χ1v) is 9.92. The number of aryl methyl sites for hydroxylation is 3. The van der Waals surface area contributed by atoms with Crippen molar-refractivity contribution in [3.05, 3.63) is 65.1 Å². The molecule has 3 nitrogen and oxygen atoms in total. The zero-order valence-corrected chi connectivity index (χ0v) is 16.0. The van der Waals surface area contributed by atoms with Crippen molar-refractivity contribution in [2.24, 2.45) is 0 Å². The van der Waals surface area contributed by atoms with Gasteiger partial charge in [-0.05, 0) is 75.7 Å². The third kappa shape index (κ3) is 3.54. The normalized spacial score (nSPS) is 18.5. The van der Waals surface area contributed by atoms with E-state index in [4.69, 9.17) is 0 Å². The molecule has 1 aromatic carbocycles. The molecule has 1 unspecified atom stereocenters. The van der Waals surface area contributed by atoms with Crippen LogP contribution in [0.15, 0.2) is 42.6 Å². The van der Waals surface area contributed by atoms with Crippen molar-refractivity contribution in [1.82, 2.24) is 14.9 Å². The van der Waals surface area contributed by atoms with Crippen LogP contribution in [-0.4, -0.2) is 34.5 Å².